The van der Waals surface area contributed by atoms with Crippen LogP contribution in [0.15, 0.2) is 71.0 Å². The summed E-state index contributed by atoms with van der Waals surface area (Å²) in [5, 5.41) is 8.76. The minimum Gasteiger partial charge on any atom is -0.415 e. The lowest BCUT2D eigenvalue weighted by Gasteiger charge is -2.21. The minimum absolute atomic E-state index is 0.0854. The van der Waals surface area contributed by atoms with Crippen LogP contribution in [0.25, 0.3) is 11.5 Å². The molecule has 0 bridgehead atoms. The molecule has 0 saturated heterocycles. The molecule has 0 N–H and O–H groups in total. The Morgan fingerprint density at radius 1 is 1.08 bits per heavy atom. The highest BCUT2D eigenvalue weighted by atomic mass is 32.2. The van der Waals surface area contributed by atoms with Crippen molar-refractivity contribution in [2.45, 2.75) is 13.0 Å². The molecule has 0 aliphatic rings. The van der Waals surface area contributed by atoms with Gasteiger partial charge in [0.25, 0.3) is 5.89 Å². The third kappa shape index (κ3) is 4.24. The van der Waals surface area contributed by atoms with Gasteiger partial charge in [-0.25, -0.2) is 0 Å². The molecule has 0 aliphatic carbocycles. The van der Waals surface area contributed by atoms with Crippen molar-refractivity contribution in [1.82, 2.24) is 10.2 Å². The van der Waals surface area contributed by atoms with Crippen molar-refractivity contribution >= 4 is 17.6 Å². The number of halogens is 2. The molecule has 0 aliphatic heterocycles. The van der Waals surface area contributed by atoms with Crippen LogP contribution >= 0.6 is 11.9 Å². The fourth-order valence-electron chi connectivity index (χ4n) is 2.23. The molecule has 0 amide bonds. The van der Waals surface area contributed by atoms with Crippen LogP contribution in [0.3, 0.4) is 0 Å². The maximum Gasteiger partial charge on any atom is 0.314 e. The van der Waals surface area contributed by atoms with Gasteiger partial charge in [-0.2, -0.15) is 8.78 Å². The molecule has 0 radical (unpaired) electrons. The first-order chi connectivity index (χ1) is 12.2. The third-order valence-corrected chi connectivity index (χ3v) is 4.14. The van der Waals surface area contributed by atoms with E-state index in [2.05, 4.69) is 21.1 Å². The Morgan fingerprint density at radius 2 is 1.80 bits per heavy atom. The van der Waals surface area contributed by atoms with Gasteiger partial charge in [0.2, 0.25) is 5.89 Å². The van der Waals surface area contributed by atoms with Crippen molar-refractivity contribution in [3.8, 4) is 11.5 Å². The molecule has 1 aromatic heterocycles. The number of para-hydroxylation sites is 1. The molecule has 3 rings (SSSR count). The summed E-state index contributed by atoms with van der Waals surface area (Å²) in [6, 6.07) is 17.3. The second-order valence-corrected chi connectivity index (χ2v) is 6.07. The van der Waals surface area contributed by atoms with Crippen LogP contribution in [-0.4, -0.2) is 10.2 Å². The molecule has 3 aromatic rings. The summed E-state index contributed by atoms with van der Waals surface area (Å²) in [6.45, 7) is 4.43. The monoisotopic (exact) mass is 359 g/mol. The van der Waals surface area contributed by atoms with E-state index in [0.29, 0.717) is 12.1 Å². The third-order valence-electron chi connectivity index (χ3n) is 3.40. The normalized spacial score (nSPS) is 10.8. The van der Waals surface area contributed by atoms with Crippen LogP contribution in [0, 0.1) is 0 Å². The number of rotatable bonds is 7. The van der Waals surface area contributed by atoms with E-state index in [-0.39, 0.29) is 5.89 Å². The van der Waals surface area contributed by atoms with Gasteiger partial charge in [-0.05, 0) is 47.2 Å². The summed E-state index contributed by atoms with van der Waals surface area (Å²) >= 11 is 1.50. The Balaban J connectivity index is 1.75. The molecule has 0 saturated carbocycles. The van der Waals surface area contributed by atoms with E-state index in [1.54, 1.807) is 17.5 Å². The van der Waals surface area contributed by atoms with Crippen LogP contribution in [0.1, 0.15) is 17.9 Å². The summed E-state index contributed by atoms with van der Waals surface area (Å²) in [6.07, 6.45) is -2.77. The van der Waals surface area contributed by atoms with Crippen LogP contribution in [-0.2, 0) is 6.54 Å². The first-order valence-corrected chi connectivity index (χ1v) is 8.32. The van der Waals surface area contributed by atoms with E-state index >= 15 is 0 Å². The van der Waals surface area contributed by atoms with E-state index in [0.717, 1.165) is 11.3 Å². The molecule has 4 nitrogen and oxygen atoms in total. The molecule has 128 valence electrons. The Bertz CT molecular complexity index is 822. The lowest BCUT2D eigenvalue weighted by Crippen LogP contribution is -2.12. The molecule has 25 heavy (non-hydrogen) atoms. The zero-order valence-corrected chi connectivity index (χ0v) is 14.0. The smallest absolute Gasteiger partial charge is 0.314 e. The zero-order valence-electron chi connectivity index (χ0n) is 13.2. The highest BCUT2D eigenvalue weighted by Gasteiger charge is 2.17. The highest BCUT2D eigenvalue weighted by molar-refractivity contribution is 8.03. The topological polar surface area (TPSA) is 42.2 Å². The molecule has 2 aromatic carbocycles. The first kappa shape index (κ1) is 17.2. The molecule has 0 spiro atoms. The van der Waals surface area contributed by atoms with Crippen LogP contribution < -0.4 is 4.31 Å². The average molecular weight is 359 g/mol. The second kappa shape index (κ2) is 7.94. The van der Waals surface area contributed by atoms with Crippen LogP contribution in [0.4, 0.5) is 14.5 Å². The number of anilines is 1. The fourth-order valence-corrected chi connectivity index (χ4v) is 2.88. The van der Waals surface area contributed by atoms with Gasteiger partial charge in [0.1, 0.15) is 0 Å². The number of nitrogens with zero attached hydrogens (tertiary/aromatic N) is 3. The summed E-state index contributed by atoms with van der Waals surface area (Å²) in [5.74, 6) is -0.584. The van der Waals surface area contributed by atoms with Crippen LogP contribution in [0.2, 0.25) is 0 Å². The SMILES string of the molecule is C=CSN(Cc1ccc(-c2nnc(C(F)F)o2)cc1)c1ccccc1. The highest BCUT2D eigenvalue weighted by Crippen LogP contribution is 2.27. The van der Waals surface area contributed by atoms with Crippen LogP contribution in [0.5, 0.6) is 0 Å². The summed E-state index contributed by atoms with van der Waals surface area (Å²) in [7, 11) is 0. The standard InChI is InChI=1S/C18H15F2N3OS/c1-2-25-23(15-6-4-3-5-7-15)12-13-8-10-14(11-9-13)17-21-22-18(24-17)16(19)20/h2-11,16H,1,12H2. The number of alkyl halides is 2. The lowest BCUT2D eigenvalue weighted by atomic mass is 10.1. The summed E-state index contributed by atoms with van der Waals surface area (Å²) < 4.78 is 32.1. The Kier molecular flexibility index (Phi) is 5.45. The number of aromatic nitrogens is 2. The van der Waals surface area contributed by atoms with Gasteiger partial charge >= 0.3 is 6.43 Å². The Hall–Kier alpha value is -2.67. The number of hydrogen-bond acceptors (Lipinski definition) is 5. The molecule has 0 atom stereocenters. The predicted molar refractivity (Wildman–Crippen MR) is 95.1 cm³/mol. The van der Waals surface area contributed by atoms with E-state index in [1.165, 1.54) is 11.9 Å². The molecular weight excluding hydrogens is 344 g/mol. The van der Waals surface area contributed by atoms with E-state index in [9.17, 15) is 8.78 Å². The van der Waals surface area contributed by atoms with Crippen molar-refractivity contribution in [3.63, 3.8) is 0 Å². The maximum absolute atomic E-state index is 12.5. The zero-order chi connectivity index (χ0) is 17.6. The van der Waals surface area contributed by atoms with Gasteiger partial charge in [0, 0.05) is 11.3 Å². The molecular formula is C18H15F2N3OS. The quantitative estimate of drug-likeness (QED) is 0.523. The van der Waals surface area contributed by atoms with Crippen molar-refractivity contribution in [1.29, 1.82) is 0 Å². The molecule has 1 heterocycles. The van der Waals surface area contributed by atoms with Gasteiger partial charge in [-0.15, -0.1) is 10.2 Å². The molecule has 0 unspecified atom stereocenters. The Morgan fingerprint density at radius 3 is 2.40 bits per heavy atom. The summed E-state index contributed by atoms with van der Waals surface area (Å²) in [5.41, 5.74) is 2.72. The first-order valence-electron chi connectivity index (χ1n) is 7.48. The second-order valence-electron chi connectivity index (χ2n) is 5.09. The number of benzene rings is 2. The largest absolute Gasteiger partial charge is 0.415 e. The Labute approximate surface area is 148 Å². The van der Waals surface area contributed by atoms with E-state index in [1.807, 2.05) is 42.5 Å². The van der Waals surface area contributed by atoms with E-state index < -0.39 is 12.3 Å². The number of hydrogen-bond donors (Lipinski definition) is 0. The fraction of sp³-hybridized carbons (Fsp3) is 0.111. The van der Waals surface area contributed by atoms with Gasteiger partial charge in [0.15, 0.2) is 0 Å². The molecule has 0 fully saturated rings. The summed E-state index contributed by atoms with van der Waals surface area (Å²) in [4.78, 5) is 0. The van der Waals surface area contributed by atoms with Gasteiger partial charge < -0.3 is 8.72 Å². The lowest BCUT2D eigenvalue weighted by molar-refractivity contribution is 0.116. The average Bonchev–Trinajstić information content (AvgIpc) is 3.13. The maximum atomic E-state index is 12.5. The van der Waals surface area contributed by atoms with Gasteiger partial charge in [-0.3, -0.25) is 0 Å². The minimum atomic E-state index is -2.77. The van der Waals surface area contributed by atoms with Crippen molar-refractivity contribution in [2.24, 2.45) is 0 Å². The van der Waals surface area contributed by atoms with E-state index in [4.69, 9.17) is 4.42 Å². The van der Waals surface area contributed by atoms with Gasteiger partial charge in [0.05, 0.1) is 6.54 Å². The van der Waals surface area contributed by atoms with Crippen molar-refractivity contribution in [2.75, 3.05) is 4.31 Å². The van der Waals surface area contributed by atoms with Crippen molar-refractivity contribution < 1.29 is 13.2 Å². The predicted octanol–water partition coefficient (Wildman–Crippen LogP) is 5.47. The van der Waals surface area contributed by atoms with Crippen molar-refractivity contribution in [3.05, 3.63) is 78.0 Å². The van der Waals surface area contributed by atoms with Gasteiger partial charge in [-0.1, -0.05) is 36.9 Å². The molecule has 7 heteroatoms.